The third-order valence-electron chi connectivity index (χ3n) is 4.08. The molecule has 146 valence electrons. The van der Waals surface area contributed by atoms with Crippen LogP contribution in [0.4, 0.5) is 0 Å². The first-order chi connectivity index (χ1) is 14.2. The van der Waals surface area contributed by atoms with E-state index in [0.717, 1.165) is 21.0 Å². The summed E-state index contributed by atoms with van der Waals surface area (Å²) < 4.78 is 5.17. The zero-order chi connectivity index (χ0) is 20.1. The van der Waals surface area contributed by atoms with Crippen molar-refractivity contribution in [3.63, 3.8) is 0 Å². The molecule has 0 fully saturated rings. The van der Waals surface area contributed by atoms with Crippen molar-refractivity contribution in [2.75, 3.05) is 6.61 Å². The van der Waals surface area contributed by atoms with Gasteiger partial charge in [0.2, 0.25) is 0 Å². The van der Waals surface area contributed by atoms with Crippen LogP contribution in [0.5, 0.6) is 0 Å². The first kappa shape index (κ1) is 19.5. The minimum atomic E-state index is -0.606. The molecule has 1 unspecified atom stereocenters. The Bertz CT molecular complexity index is 1070. The summed E-state index contributed by atoms with van der Waals surface area (Å²) in [5.74, 6) is -0.973. The molecule has 1 atom stereocenters. The molecule has 5 nitrogen and oxygen atoms in total. The van der Waals surface area contributed by atoms with Gasteiger partial charge in [-0.15, -0.1) is 22.7 Å². The van der Waals surface area contributed by atoms with Crippen LogP contribution in [0.15, 0.2) is 70.1 Å². The molecule has 3 heterocycles. The third kappa shape index (κ3) is 4.79. The average molecular weight is 441 g/mol. The molecule has 0 aliphatic heterocycles. The quantitative estimate of drug-likeness (QED) is 0.411. The molecule has 0 bridgehead atoms. The van der Waals surface area contributed by atoms with E-state index in [9.17, 15) is 9.59 Å². The van der Waals surface area contributed by atoms with Crippen molar-refractivity contribution >= 4 is 45.9 Å². The number of hydrogen-bond acceptors (Lipinski definition) is 7. The number of amides is 1. The molecule has 0 aliphatic rings. The fourth-order valence-electron chi connectivity index (χ4n) is 2.71. The van der Waals surface area contributed by atoms with Gasteiger partial charge in [-0.1, -0.05) is 36.4 Å². The highest BCUT2D eigenvalue weighted by Crippen LogP contribution is 2.27. The molecule has 0 radical (unpaired) electrons. The van der Waals surface area contributed by atoms with Crippen LogP contribution in [0.2, 0.25) is 0 Å². The van der Waals surface area contributed by atoms with Gasteiger partial charge < -0.3 is 10.1 Å². The number of benzene rings is 1. The Morgan fingerprint density at radius 1 is 1.00 bits per heavy atom. The topological polar surface area (TPSA) is 68.3 Å². The summed E-state index contributed by atoms with van der Waals surface area (Å²) in [4.78, 5) is 30.0. The monoisotopic (exact) mass is 440 g/mol. The number of carbonyl (C=O) groups is 2. The Morgan fingerprint density at radius 3 is 2.59 bits per heavy atom. The zero-order valence-electron chi connectivity index (χ0n) is 15.1. The predicted molar refractivity (Wildman–Crippen MR) is 116 cm³/mol. The third-order valence-corrected chi connectivity index (χ3v) is 6.59. The maximum absolute atomic E-state index is 12.4. The van der Waals surface area contributed by atoms with E-state index in [1.165, 1.54) is 11.3 Å². The largest absolute Gasteiger partial charge is 0.451 e. The highest BCUT2D eigenvalue weighted by molar-refractivity contribution is 7.14. The van der Waals surface area contributed by atoms with Crippen molar-refractivity contribution < 1.29 is 14.3 Å². The molecule has 0 spiro atoms. The van der Waals surface area contributed by atoms with Crippen molar-refractivity contribution in [1.82, 2.24) is 10.3 Å². The van der Waals surface area contributed by atoms with Crippen molar-refractivity contribution in [3.05, 3.63) is 86.2 Å². The summed E-state index contributed by atoms with van der Waals surface area (Å²) in [7, 11) is 0. The summed E-state index contributed by atoms with van der Waals surface area (Å²) in [6.45, 7) is -0.362. The Balaban J connectivity index is 1.38. The second kappa shape index (κ2) is 9.13. The smallest absolute Gasteiger partial charge is 0.358 e. The molecule has 1 N–H and O–H groups in total. The molecule has 0 saturated carbocycles. The van der Waals surface area contributed by atoms with E-state index < -0.39 is 5.97 Å². The maximum atomic E-state index is 12.4. The van der Waals surface area contributed by atoms with Crippen molar-refractivity contribution in [2.24, 2.45) is 0 Å². The van der Waals surface area contributed by atoms with E-state index in [1.807, 2.05) is 64.7 Å². The number of carbonyl (C=O) groups excluding carboxylic acids is 2. The van der Waals surface area contributed by atoms with Crippen LogP contribution >= 0.6 is 34.0 Å². The van der Waals surface area contributed by atoms with Crippen LogP contribution in [0.3, 0.4) is 0 Å². The van der Waals surface area contributed by atoms with Gasteiger partial charge in [0.15, 0.2) is 12.3 Å². The lowest BCUT2D eigenvalue weighted by Gasteiger charge is -2.18. The SMILES string of the molecule is O=C(COC(=O)c1csc(-c2ccsc2)n1)NC(c1ccccc1)c1cccs1. The minimum Gasteiger partial charge on any atom is -0.451 e. The highest BCUT2D eigenvalue weighted by Gasteiger charge is 2.20. The van der Waals surface area contributed by atoms with Crippen LogP contribution in [0.1, 0.15) is 27.0 Å². The van der Waals surface area contributed by atoms with Crippen molar-refractivity contribution in [2.45, 2.75) is 6.04 Å². The number of nitrogens with one attached hydrogen (secondary N) is 1. The zero-order valence-corrected chi connectivity index (χ0v) is 17.6. The van der Waals surface area contributed by atoms with Gasteiger partial charge in [-0.2, -0.15) is 11.3 Å². The summed E-state index contributed by atoms with van der Waals surface area (Å²) in [6.07, 6.45) is 0. The summed E-state index contributed by atoms with van der Waals surface area (Å²) in [5, 5.41) is 11.2. The van der Waals surface area contributed by atoms with E-state index in [4.69, 9.17) is 4.74 Å². The lowest BCUT2D eigenvalue weighted by molar-refractivity contribution is -0.124. The first-order valence-electron chi connectivity index (χ1n) is 8.73. The molecule has 0 saturated heterocycles. The Labute approximate surface area is 179 Å². The molecule has 8 heteroatoms. The van der Waals surface area contributed by atoms with Crippen molar-refractivity contribution in [1.29, 1.82) is 0 Å². The van der Waals surface area contributed by atoms with Gasteiger partial charge >= 0.3 is 5.97 Å². The molecule has 4 rings (SSSR count). The van der Waals surface area contributed by atoms with E-state index in [2.05, 4.69) is 10.3 Å². The van der Waals surface area contributed by atoms with Gasteiger partial charge in [0, 0.05) is 21.2 Å². The normalized spacial score (nSPS) is 11.7. The molecule has 0 aliphatic carbocycles. The number of thiophene rings is 2. The lowest BCUT2D eigenvalue weighted by atomic mass is 10.1. The van der Waals surface area contributed by atoms with Crippen LogP contribution in [0.25, 0.3) is 10.6 Å². The second-order valence-corrected chi connectivity index (χ2v) is 8.67. The molecular weight excluding hydrogens is 424 g/mol. The van der Waals surface area contributed by atoms with Crippen molar-refractivity contribution in [3.8, 4) is 10.6 Å². The maximum Gasteiger partial charge on any atom is 0.358 e. The molecule has 3 aromatic heterocycles. The number of hydrogen-bond donors (Lipinski definition) is 1. The molecule has 29 heavy (non-hydrogen) atoms. The number of ether oxygens (including phenoxy) is 1. The Hall–Kier alpha value is -2.81. The Kier molecular flexibility index (Phi) is 6.14. The van der Waals surface area contributed by atoms with Crippen LogP contribution in [0, 0.1) is 0 Å². The summed E-state index contributed by atoms with van der Waals surface area (Å²) >= 11 is 4.50. The minimum absolute atomic E-state index is 0.210. The van der Waals surface area contributed by atoms with Gasteiger partial charge in [0.1, 0.15) is 5.01 Å². The fourth-order valence-corrected chi connectivity index (χ4v) is 5.02. The number of nitrogens with zero attached hydrogens (tertiary/aromatic N) is 1. The first-order valence-corrected chi connectivity index (χ1v) is 11.4. The van der Waals surface area contributed by atoms with E-state index in [-0.39, 0.29) is 24.2 Å². The Morgan fingerprint density at radius 2 is 1.86 bits per heavy atom. The van der Waals surface area contributed by atoms with Gasteiger partial charge in [0.05, 0.1) is 6.04 Å². The number of thiazole rings is 1. The van der Waals surface area contributed by atoms with Crippen LogP contribution in [-0.2, 0) is 9.53 Å². The highest BCUT2D eigenvalue weighted by atomic mass is 32.1. The molecule has 1 aromatic carbocycles. The predicted octanol–water partition coefficient (Wildman–Crippen LogP) is 5.00. The molecule has 4 aromatic rings. The fraction of sp³-hybridized carbons (Fsp3) is 0.0952. The number of rotatable bonds is 7. The molecule has 1 amide bonds. The van der Waals surface area contributed by atoms with Gasteiger partial charge in [-0.05, 0) is 28.5 Å². The number of aromatic nitrogens is 1. The second-order valence-electron chi connectivity index (χ2n) is 6.05. The van der Waals surface area contributed by atoms with E-state index >= 15 is 0 Å². The van der Waals surface area contributed by atoms with Gasteiger partial charge in [0.25, 0.3) is 5.91 Å². The average Bonchev–Trinajstić information content (AvgIpc) is 3.51. The summed E-state index contributed by atoms with van der Waals surface area (Å²) in [6, 6.07) is 15.3. The van der Waals surface area contributed by atoms with Crippen LogP contribution in [-0.4, -0.2) is 23.5 Å². The van der Waals surface area contributed by atoms with Gasteiger partial charge in [-0.25, -0.2) is 9.78 Å². The van der Waals surface area contributed by atoms with Gasteiger partial charge in [-0.3, -0.25) is 4.79 Å². The van der Waals surface area contributed by atoms with E-state index in [0.29, 0.717) is 0 Å². The standard InChI is InChI=1S/C21H16N2O3S3/c24-18(23-19(17-7-4-9-28-17)14-5-2-1-3-6-14)11-26-21(25)16-13-29-20(22-16)15-8-10-27-12-15/h1-10,12-13,19H,11H2,(H,23,24). The van der Waals surface area contributed by atoms with E-state index in [1.54, 1.807) is 28.1 Å². The lowest BCUT2D eigenvalue weighted by Crippen LogP contribution is -2.32. The molecular formula is C21H16N2O3S3. The van der Waals surface area contributed by atoms with Crippen LogP contribution < -0.4 is 5.32 Å². The number of esters is 1. The summed E-state index contributed by atoms with van der Waals surface area (Å²) in [5.41, 5.74) is 2.15.